The molecule has 37 heavy (non-hydrogen) atoms. The Hall–Kier alpha value is -3.66. The molecule has 1 aromatic carbocycles. The number of ether oxygens (including phenoxy) is 2. The van der Waals surface area contributed by atoms with Crippen LogP contribution < -0.4 is 16.0 Å². The molecule has 0 aromatic heterocycles. The van der Waals surface area contributed by atoms with Crippen molar-refractivity contribution in [2.75, 3.05) is 13.2 Å². The SMILES string of the molecule is C=CC[C@H](CC(=O)N[C@H](C)CO)C(=O)NC(C)(C)COC(=O)[C@@H](CC=C)NC(=O)OCc1ccccc1. The highest BCUT2D eigenvalue weighted by atomic mass is 16.6. The third-order valence-corrected chi connectivity index (χ3v) is 5.16. The number of alkyl carbamates (subject to hydrolysis) is 1. The smallest absolute Gasteiger partial charge is 0.408 e. The fourth-order valence-electron chi connectivity index (χ4n) is 3.20. The van der Waals surface area contributed by atoms with E-state index in [1.807, 2.05) is 18.2 Å². The number of benzene rings is 1. The van der Waals surface area contributed by atoms with E-state index >= 15 is 0 Å². The lowest BCUT2D eigenvalue weighted by Crippen LogP contribution is -2.51. The Balaban J connectivity index is 2.64. The maximum atomic E-state index is 12.8. The molecule has 10 heteroatoms. The van der Waals surface area contributed by atoms with Crippen LogP contribution in [0, 0.1) is 5.92 Å². The molecule has 1 rings (SSSR count). The summed E-state index contributed by atoms with van der Waals surface area (Å²) in [5.41, 5.74) is -0.166. The number of nitrogens with one attached hydrogen (secondary N) is 3. The average Bonchev–Trinajstić information content (AvgIpc) is 2.85. The van der Waals surface area contributed by atoms with Gasteiger partial charge >= 0.3 is 12.1 Å². The average molecular weight is 518 g/mol. The molecule has 3 atom stereocenters. The van der Waals surface area contributed by atoms with E-state index in [-0.39, 0.29) is 45.0 Å². The first kappa shape index (κ1) is 31.4. The van der Waals surface area contributed by atoms with Crippen molar-refractivity contribution in [1.82, 2.24) is 16.0 Å². The van der Waals surface area contributed by atoms with Crippen molar-refractivity contribution in [3.8, 4) is 0 Å². The predicted octanol–water partition coefficient (Wildman–Crippen LogP) is 2.37. The minimum Gasteiger partial charge on any atom is -0.462 e. The van der Waals surface area contributed by atoms with E-state index in [2.05, 4.69) is 29.1 Å². The Bertz CT molecular complexity index is 918. The molecule has 0 saturated heterocycles. The Kier molecular flexibility index (Phi) is 13.7. The van der Waals surface area contributed by atoms with E-state index in [0.717, 1.165) is 5.56 Å². The van der Waals surface area contributed by atoms with E-state index < -0.39 is 41.5 Å². The Labute approximate surface area is 218 Å². The van der Waals surface area contributed by atoms with Crippen LogP contribution in [0.15, 0.2) is 55.6 Å². The van der Waals surface area contributed by atoms with Crippen LogP contribution in [0.25, 0.3) is 0 Å². The number of allylic oxidation sites excluding steroid dienone is 1. The molecule has 0 aliphatic rings. The highest BCUT2D eigenvalue weighted by Crippen LogP contribution is 2.14. The van der Waals surface area contributed by atoms with Crippen LogP contribution in [0.5, 0.6) is 0 Å². The van der Waals surface area contributed by atoms with Crippen molar-refractivity contribution in [2.45, 2.75) is 64.3 Å². The molecule has 0 aliphatic heterocycles. The van der Waals surface area contributed by atoms with Crippen LogP contribution in [0.2, 0.25) is 0 Å². The largest absolute Gasteiger partial charge is 0.462 e. The summed E-state index contributed by atoms with van der Waals surface area (Å²) in [6, 6.07) is 7.66. The first-order valence-electron chi connectivity index (χ1n) is 12.1. The number of carbonyl (C=O) groups is 4. The predicted molar refractivity (Wildman–Crippen MR) is 139 cm³/mol. The molecule has 3 amide bonds. The molecule has 0 fully saturated rings. The van der Waals surface area contributed by atoms with Gasteiger partial charge in [0.15, 0.2) is 0 Å². The lowest BCUT2D eigenvalue weighted by molar-refractivity contribution is -0.149. The molecule has 0 aliphatic carbocycles. The summed E-state index contributed by atoms with van der Waals surface area (Å²) in [5.74, 6) is -2.17. The lowest BCUT2D eigenvalue weighted by Gasteiger charge is -2.29. The number of hydrogen-bond acceptors (Lipinski definition) is 7. The third-order valence-electron chi connectivity index (χ3n) is 5.16. The van der Waals surface area contributed by atoms with Crippen molar-refractivity contribution >= 4 is 23.9 Å². The fraction of sp³-hybridized carbons (Fsp3) is 0.481. The number of carbonyl (C=O) groups excluding carboxylic acids is 4. The summed E-state index contributed by atoms with van der Waals surface area (Å²) in [4.78, 5) is 49.8. The van der Waals surface area contributed by atoms with Crippen LogP contribution >= 0.6 is 0 Å². The van der Waals surface area contributed by atoms with Crippen molar-refractivity contribution in [1.29, 1.82) is 0 Å². The van der Waals surface area contributed by atoms with E-state index in [1.54, 1.807) is 39.0 Å². The second kappa shape index (κ2) is 16.2. The minimum atomic E-state index is -1.02. The number of aliphatic hydroxyl groups is 1. The first-order valence-corrected chi connectivity index (χ1v) is 12.1. The summed E-state index contributed by atoms with van der Waals surface area (Å²) < 4.78 is 10.5. The van der Waals surface area contributed by atoms with Crippen LogP contribution in [0.4, 0.5) is 4.79 Å². The van der Waals surface area contributed by atoms with Gasteiger partial charge in [0.2, 0.25) is 11.8 Å². The monoisotopic (exact) mass is 517 g/mol. The van der Waals surface area contributed by atoms with Crippen molar-refractivity contribution in [3.05, 3.63) is 61.2 Å². The van der Waals surface area contributed by atoms with E-state index in [1.165, 1.54) is 6.08 Å². The van der Waals surface area contributed by atoms with Crippen LogP contribution in [-0.4, -0.2) is 59.8 Å². The van der Waals surface area contributed by atoms with Gasteiger partial charge in [-0.3, -0.25) is 9.59 Å². The summed E-state index contributed by atoms with van der Waals surface area (Å²) in [5, 5.41) is 17.0. The van der Waals surface area contributed by atoms with Crippen molar-refractivity contribution < 1.29 is 33.8 Å². The third kappa shape index (κ3) is 12.7. The van der Waals surface area contributed by atoms with E-state index in [4.69, 9.17) is 14.6 Å². The zero-order chi connectivity index (χ0) is 27.8. The molecular weight excluding hydrogens is 478 g/mol. The number of esters is 1. The topological polar surface area (TPSA) is 143 Å². The zero-order valence-electron chi connectivity index (χ0n) is 21.8. The van der Waals surface area contributed by atoms with Gasteiger partial charge in [-0.2, -0.15) is 0 Å². The molecule has 0 heterocycles. The molecule has 0 saturated carbocycles. The van der Waals surface area contributed by atoms with Gasteiger partial charge in [-0.25, -0.2) is 9.59 Å². The summed E-state index contributed by atoms with van der Waals surface area (Å²) in [6.45, 7) is 11.9. The van der Waals surface area contributed by atoms with E-state index in [9.17, 15) is 19.2 Å². The van der Waals surface area contributed by atoms with Crippen LogP contribution in [0.3, 0.4) is 0 Å². The Morgan fingerprint density at radius 3 is 2.27 bits per heavy atom. The summed E-state index contributed by atoms with van der Waals surface area (Å²) in [7, 11) is 0. The summed E-state index contributed by atoms with van der Waals surface area (Å²) in [6.07, 6.45) is 2.53. The highest BCUT2D eigenvalue weighted by Gasteiger charge is 2.30. The fourth-order valence-corrected chi connectivity index (χ4v) is 3.20. The Morgan fingerprint density at radius 1 is 1.03 bits per heavy atom. The molecule has 0 unspecified atom stereocenters. The van der Waals surface area contributed by atoms with Gasteiger partial charge < -0.3 is 30.5 Å². The first-order chi connectivity index (χ1) is 17.5. The molecule has 4 N–H and O–H groups in total. The number of aliphatic hydroxyl groups excluding tert-OH is 1. The van der Waals surface area contributed by atoms with Gasteiger partial charge in [0, 0.05) is 12.5 Å². The second-order valence-electron chi connectivity index (χ2n) is 9.34. The maximum absolute atomic E-state index is 12.8. The second-order valence-corrected chi connectivity index (χ2v) is 9.34. The molecule has 204 valence electrons. The highest BCUT2D eigenvalue weighted by molar-refractivity contribution is 5.86. The van der Waals surface area contributed by atoms with Crippen molar-refractivity contribution in [2.24, 2.45) is 5.92 Å². The number of amides is 3. The van der Waals surface area contributed by atoms with Gasteiger partial charge in [0.25, 0.3) is 0 Å². The molecule has 0 spiro atoms. The number of rotatable bonds is 16. The molecule has 0 radical (unpaired) electrons. The van der Waals surface area contributed by atoms with Gasteiger partial charge in [-0.1, -0.05) is 42.5 Å². The van der Waals surface area contributed by atoms with Crippen LogP contribution in [-0.2, 0) is 30.5 Å². The van der Waals surface area contributed by atoms with Crippen molar-refractivity contribution in [3.63, 3.8) is 0 Å². The van der Waals surface area contributed by atoms with Crippen LogP contribution in [0.1, 0.15) is 45.6 Å². The van der Waals surface area contributed by atoms with Gasteiger partial charge in [-0.05, 0) is 39.2 Å². The summed E-state index contributed by atoms with van der Waals surface area (Å²) >= 11 is 0. The minimum absolute atomic E-state index is 0.0460. The molecular formula is C27H39N3O7. The van der Waals surface area contributed by atoms with Gasteiger partial charge in [0.05, 0.1) is 18.1 Å². The normalized spacial score (nSPS) is 13.3. The maximum Gasteiger partial charge on any atom is 0.408 e. The molecule has 10 nitrogen and oxygen atoms in total. The van der Waals surface area contributed by atoms with Gasteiger partial charge in [-0.15, -0.1) is 13.2 Å². The molecule has 0 bridgehead atoms. The molecule has 1 aromatic rings. The van der Waals surface area contributed by atoms with Gasteiger partial charge in [0.1, 0.15) is 19.3 Å². The Morgan fingerprint density at radius 2 is 1.68 bits per heavy atom. The standard InChI is InChI=1S/C27H39N3O7/c1-6-11-21(15-23(32)28-19(3)16-31)24(33)30-27(4,5)18-37-25(34)22(12-7-2)29-26(35)36-17-20-13-9-8-10-14-20/h6-10,13-14,19,21-22,31H,1-2,11-12,15-18H2,3-5H3,(H,28,32)(H,29,35)(H,30,33)/t19-,21-,22-/m1/s1. The number of hydrogen-bond donors (Lipinski definition) is 4. The quantitative estimate of drug-likeness (QED) is 0.195. The van der Waals surface area contributed by atoms with E-state index in [0.29, 0.717) is 0 Å². The zero-order valence-corrected chi connectivity index (χ0v) is 21.8. The lowest BCUT2D eigenvalue weighted by atomic mass is 9.97.